The molecule has 0 bridgehead atoms. The number of aliphatic hydroxyl groups excluding tert-OH is 1. The number of hydrogen-bond donors (Lipinski definition) is 2. The number of hydrogen-bond acceptors (Lipinski definition) is 3. The number of rotatable bonds is 7. The van der Waals surface area contributed by atoms with Crippen LogP contribution in [0.3, 0.4) is 0 Å². The summed E-state index contributed by atoms with van der Waals surface area (Å²) in [5.41, 5.74) is 0. The van der Waals surface area contributed by atoms with E-state index in [1.807, 2.05) is 6.92 Å². The Morgan fingerprint density at radius 2 is 2.14 bits per heavy atom. The van der Waals surface area contributed by atoms with Crippen LogP contribution in [0.4, 0.5) is 0 Å². The van der Waals surface area contributed by atoms with Gasteiger partial charge >= 0.3 is 0 Å². The molecule has 0 aromatic carbocycles. The quantitative estimate of drug-likeness (QED) is 0.636. The van der Waals surface area contributed by atoms with Crippen molar-refractivity contribution in [3.05, 3.63) is 0 Å². The van der Waals surface area contributed by atoms with Crippen LogP contribution in [-0.2, 0) is 4.79 Å². The molecule has 0 aliphatic rings. The molecule has 2 atom stereocenters. The van der Waals surface area contributed by atoms with Gasteiger partial charge in [0.1, 0.15) is 0 Å². The SMILES string of the molecule is CCCCSC(C)C(=O)NC(C)CO. The summed E-state index contributed by atoms with van der Waals surface area (Å²) >= 11 is 1.67. The smallest absolute Gasteiger partial charge is 0.233 e. The fourth-order valence-corrected chi connectivity index (χ4v) is 1.91. The molecule has 2 unspecified atom stereocenters. The summed E-state index contributed by atoms with van der Waals surface area (Å²) in [4.78, 5) is 11.5. The lowest BCUT2D eigenvalue weighted by Gasteiger charge is -2.15. The van der Waals surface area contributed by atoms with E-state index in [2.05, 4.69) is 12.2 Å². The van der Waals surface area contributed by atoms with Crippen molar-refractivity contribution in [2.24, 2.45) is 0 Å². The van der Waals surface area contributed by atoms with Gasteiger partial charge in [-0.1, -0.05) is 13.3 Å². The first-order valence-corrected chi connectivity index (χ1v) is 6.19. The zero-order valence-electron chi connectivity index (χ0n) is 9.25. The zero-order valence-corrected chi connectivity index (χ0v) is 10.1. The van der Waals surface area contributed by atoms with Crippen molar-refractivity contribution < 1.29 is 9.90 Å². The third-order valence-electron chi connectivity index (χ3n) is 1.90. The molecule has 3 nitrogen and oxygen atoms in total. The Balaban J connectivity index is 3.64. The summed E-state index contributed by atoms with van der Waals surface area (Å²) in [7, 11) is 0. The van der Waals surface area contributed by atoms with Crippen LogP contribution in [0.25, 0.3) is 0 Å². The zero-order chi connectivity index (χ0) is 11.0. The number of carbonyl (C=O) groups excluding carboxylic acids is 1. The number of carbonyl (C=O) groups is 1. The van der Waals surface area contributed by atoms with E-state index in [1.54, 1.807) is 18.7 Å². The first-order valence-electron chi connectivity index (χ1n) is 5.14. The average Bonchev–Trinajstić information content (AvgIpc) is 2.17. The van der Waals surface area contributed by atoms with Gasteiger partial charge in [0.15, 0.2) is 0 Å². The fourth-order valence-electron chi connectivity index (χ4n) is 0.886. The maximum absolute atomic E-state index is 11.5. The molecule has 4 heteroatoms. The Morgan fingerprint density at radius 1 is 1.50 bits per heavy atom. The molecular formula is C10H21NO2S. The minimum Gasteiger partial charge on any atom is -0.394 e. The first kappa shape index (κ1) is 13.8. The maximum atomic E-state index is 11.5. The molecule has 0 saturated heterocycles. The van der Waals surface area contributed by atoms with Gasteiger partial charge in [0.2, 0.25) is 5.91 Å². The topological polar surface area (TPSA) is 49.3 Å². The van der Waals surface area contributed by atoms with Gasteiger partial charge in [-0.3, -0.25) is 4.79 Å². The molecular weight excluding hydrogens is 198 g/mol. The highest BCUT2D eigenvalue weighted by Crippen LogP contribution is 2.12. The van der Waals surface area contributed by atoms with Crippen LogP contribution in [-0.4, -0.2) is 34.7 Å². The van der Waals surface area contributed by atoms with E-state index < -0.39 is 0 Å². The number of amides is 1. The van der Waals surface area contributed by atoms with Gasteiger partial charge in [0, 0.05) is 6.04 Å². The fraction of sp³-hybridized carbons (Fsp3) is 0.900. The lowest BCUT2D eigenvalue weighted by Crippen LogP contribution is -2.39. The van der Waals surface area contributed by atoms with Crippen molar-refractivity contribution in [3.8, 4) is 0 Å². The van der Waals surface area contributed by atoms with E-state index in [9.17, 15) is 4.79 Å². The Kier molecular flexibility index (Phi) is 7.99. The minimum atomic E-state index is -0.142. The van der Waals surface area contributed by atoms with Crippen LogP contribution < -0.4 is 5.32 Å². The molecule has 0 aromatic rings. The standard InChI is InChI=1S/C10H21NO2S/c1-4-5-6-14-9(3)10(13)11-8(2)7-12/h8-9,12H,4-7H2,1-3H3,(H,11,13). The van der Waals surface area contributed by atoms with Crippen molar-refractivity contribution in [2.75, 3.05) is 12.4 Å². The van der Waals surface area contributed by atoms with Crippen LogP contribution >= 0.6 is 11.8 Å². The Labute approximate surface area is 90.7 Å². The van der Waals surface area contributed by atoms with Crippen molar-refractivity contribution in [3.63, 3.8) is 0 Å². The van der Waals surface area contributed by atoms with Gasteiger partial charge in [0.25, 0.3) is 0 Å². The predicted molar refractivity (Wildman–Crippen MR) is 61.5 cm³/mol. The molecule has 1 amide bonds. The van der Waals surface area contributed by atoms with Crippen molar-refractivity contribution in [2.45, 2.75) is 44.9 Å². The molecule has 0 aliphatic heterocycles. The van der Waals surface area contributed by atoms with E-state index in [0.717, 1.165) is 18.6 Å². The average molecular weight is 219 g/mol. The van der Waals surface area contributed by atoms with Gasteiger partial charge in [-0.15, -0.1) is 11.8 Å². The highest BCUT2D eigenvalue weighted by molar-refractivity contribution is 8.00. The molecule has 0 aliphatic carbocycles. The molecule has 2 N–H and O–H groups in total. The largest absolute Gasteiger partial charge is 0.394 e. The van der Waals surface area contributed by atoms with E-state index >= 15 is 0 Å². The monoisotopic (exact) mass is 219 g/mol. The maximum Gasteiger partial charge on any atom is 0.233 e. The summed E-state index contributed by atoms with van der Waals surface area (Å²) in [6.45, 7) is 5.83. The Hall–Kier alpha value is -0.220. The molecule has 14 heavy (non-hydrogen) atoms. The van der Waals surface area contributed by atoms with Crippen LogP contribution in [0.5, 0.6) is 0 Å². The highest BCUT2D eigenvalue weighted by Gasteiger charge is 2.14. The van der Waals surface area contributed by atoms with Crippen molar-refractivity contribution >= 4 is 17.7 Å². The minimum absolute atomic E-state index is 0.00190. The van der Waals surface area contributed by atoms with Crippen LogP contribution in [0.1, 0.15) is 33.6 Å². The second-order valence-corrected chi connectivity index (χ2v) is 4.91. The van der Waals surface area contributed by atoms with Crippen molar-refractivity contribution in [1.29, 1.82) is 0 Å². The summed E-state index contributed by atoms with van der Waals surface area (Å²) in [6.07, 6.45) is 2.31. The molecule has 0 saturated carbocycles. The number of unbranched alkanes of at least 4 members (excludes halogenated alkanes) is 1. The third-order valence-corrected chi connectivity index (χ3v) is 3.14. The summed E-state index contributed by atoms with van der Waals surface area (Å²) in [6, 6.07) is -0.142. The number of thioether (sulfide) groups is 1. The molecule has 0 rings (SSSR count). The normalized spacial score (nSPS) is 14.9. The van der Waals surface area contributed by atoms with Gasteiger partial charge in [0.05, 0.1) is 11.9 Å². The molecule has 84 valence electrons. The predicted octanol–water partition coefficient (Wildman–Crippen LogP) is 1.41. The van der Waals surface area contributed by atoms with Crippen LogP contribution in [0.15, 0.2) is 0 Å². The molecule has 0 radical (unpaired) electrons. The Bertz CT molecular complexity index is 164. The van der Waals surface area contributed by atoms with Crippen molar-refractivity contribution in [1.82, 2.24) is 5.32 Å². The summed E-state index contributed by atoms with van der Waals surface area (Å²) in [5.74, 6) is 1.05. The second-order valence-electron chi connectivity index (χ2n) is 3.46. The lowest BCUT2D eigenvalue weighted by atomic mass is 10.3. The molecule has 0 fully saturated rings. The lowest BCUT2D eigenvalue weighted by molar-refractivity contribution is -0.121. The van der Waals surface area contributed by atoms with Gasteiger partial charge in [-0.25, -0.2) is 0 Å². The summed E-state index contributed by atoms with van der Waals surface area (Å²) < 4.78 is 0. The van der Waals surface area contributed by atoms with Gasteiger partial charge in [-0.05, 0) is 26.0 Å². The van der Waals surface area contributed by atoms with E-state index in [-0.39, 0.29) is 23.8 Å². The number of aliphatic hydroxyl groups is 1. The second kappa shape index (κ2) is 8.12. The highest BCUT2D eigenvalue weighted by atomic mass is 32.2. The molecule has 0 aromatic heterocycles. The van der Waals surface area contributed by atoms with E-state index in [0.29, 0.717) is 0 Å². The van der Waals surface area contributed by atoms with E-state index in [4.69, 9.17) is 5.11 Å². The molecule has 0 heterocycles. The molecule has 0 spiro atoms. The van der Waals surface area contributed by atoms with Gasteiger partial charge < -0.3 is 10.4 Å². The van der Waals surface area contributed by atoms with E-state index in [1.165, 1.54) is 0 Å². The number of nitrogens with one attached hydrogen (secondary N) is 1. The Morgan fingerprint density at radius 3 is 2.64 bits per heavy atom. The van der Waals surface area contributed by atoms with Crippen LogP contribution in [0.2, 0.25) is 0 Å². The van der Waals surface area contributed by atoms with Crippen LogP contribution in [0, 0.1) is 0 Å². The summed E-state index contributed by atoms with van der Waals surface area (Å²) in [5, 5.41) is 11.5. The van der Waals surface area contributed by atoms with Gasteiger partial charge in [-0.2, -0.15) is 0 Å². The third kappa shape index (κ3) is 6.27. The first-order chi connectivity index (χ1) is 6.61.